The van der Waals surface area contributed by atoms with E-state index in [4.69, 9.17) is 11.6 Å². The molecule has 1 rings (SSSR count). The Morgan fingerprint density at radius 3 is 2.78 bits per heavy atom. The van der Waals surface area contributed by atoms with Gasteiger partial charge in [-0.05, 0) is 6.07 Å². The van der Waals surface area contributed by atoms with Crippen LogP contribution in [0.1, 0.15) is 12.5 Å². The number of sulfonamides is 1. The van der Waals surface area contributed by atoms with Gasteiger partial charge >= 0.3 is 0 Å². The maximum atomic E-state index is 13.5. The molecule has 0 saturated heterocycles. The topological polar surface area (TPSA) is 58.2 Å². The second kappa shape index (κ2) is 7.04. The largest absolute Gasteiger partial charge is 0.312 e. The van der Waals surface area contributed by atoms with Gasteiger partial charge in [0.25, 0.3) is 0 Å². The molecular weight excluding hydrogens is 279 g/mol. The molecule has 102 valence electrons. The number of hydrogen-bond donors (Lipinski definition) is 2. The Morgan fingerprint density at radius 1 is 1.39 bits per heavy atom. The highest BCUT2D eigenvalue weighted by molar-refractivity contribution is 7.89. The van der Waals surface area contributed by atoms with Gasteiger partial charge in [-0.2, -0.15) is 0 Å². The number of nitrogens with one attached hydrogen (secondary N) is 2. The van der Waals surface area contributed by atoms with Crippen molar-refractivity contribution in [3.8, 4) is 0 Å². The smallest absolute Gasteiger partial charge is 0.212 e. The molecule has 1 aromatic carbocycles. The molecule has 4 nitrogen and oxygen atoms in total. The minimum Gasteiger partial charge on any atom is -0.312 e. The maximum Gasteiger partial charge on any atom is 0.212 e. The first-order valence-electron chi connectivity index (χ1n) is 5.57. The molecule has 0 amide bonds. The van der Waals surface area contributed by atoms with Crippen LogP contribution in [0.5, 0.6) is 0 Å². The van der Waals surface area contributed by atoms with Gasteiger partial charge in [0.1, 0.15) is 5.82 Å². The molecule has 0 aliphatic carbocycles. The number of rotatable bonds is 7. The molecule has 0 radical (unpaired) electrons. The van der Waals surface area contributed by atoms with Crippen LogP contribution < -0.4 is 10.0 Å². The fourth-order valence-corrected chi connectivity index (χ4v) is 2.60. The van der Waals surface area contributed by atoms with Crippen molar-refractivity contribution in [1.29, 1.82) is 0 Å². The molecule has 0 atom stereocenters. The summed E-state index contributed by atoms with van der Waals surface area (Å²) >= 11 is 5.63. The van der Waals surface area contributed by atoms with Gasteiger partial charge in [-0.1, -0.05) is 30.7 Å². The Hall–Kier alpha value is -0.690. The van der Waals surface area contributed by atoms with Crippen molar-refractivity contribution in [2.45, 2.75) is 13.5 Å². The molecule has 18 heavy (non-hydrogen) atoms. The van der Waals surface area contributed by atoms with E-state index in [-0.39, 0.29) is 23.9 Å². The number of halogens is 2. The quantitative estimate of drug-likeness (QED) is 0.750. The van der Waals surface area contributed by atoms with E-state index in [0.717, 1.165) is 0 Å². The number of benzene rings is 1. The van der Waals surface area contributed by atoms with E-state index in [2.05, 4.69) is 10.0 Å². The van der Waals surface area contributed by atoms with Crippen molar-refractivity contribution < 1.29 is 12.8 Å². The van der Waals surface area contributed by atoms with E-state index in [0.29, 0.717) is 12.1 Å². The van der Waals surface area contributed by atoms with E-state index in [1.165, 1.54) is 6.07 Å². The van der Waals surface area contributed by atoms with Gasteiger partial charge in [0.2, 0.25) is 10.0 Å². The molecule has 0 aromatic heterocycles. The summed E-state index contributed by atoms with van der Waals surface area (Å²) in [6.45, 7) is 2.58. The number of hydrogen-bond acceptors (Lipinski definition) is 3. The second-order valence-electron chi connectivity index (χ2n) is 3.71. The minimum absolute atomic E-state index is 0.0387. The first-order chi connectivity index (χ1) is 8.46. The SMILES string of the molecule is CCNS(=O)(=O)CCNCc1cccc(Cl)c1F. The van der Waals surface area contributed by atoms with Gasteiger partial charge < -0.3 is 5.32 Å². The van der Waals surface area contributed by atoms with Crippen molar-refractivity contribution >= 4 is 21.6 Å². The first-order valence-corrected chi connectivity index (χ1v) is 7.60. The standard InChI is InChI=1S/C11H16ClFN2O2S/c1-2-15-18(16,17)7-6-14-8-9-4-3-5-10(12)11(9)13/h3-5,14-15H,2,6-8H2,1H3. The summed E-state index contributed by atoms with van der Waals surface area (Å²) in [5, 5.41) is 2.93. The van der Waals surface area contributed by atoms with Crippen molar-refractivity contribution in [3.63, 3.8) is 0 Å². The van der Waals surface area contributed by atoms with Crippen LogP contribution in [-0.4, -0.2) is 27.3 Å². The van der Waals surface area contributed by atoms with Gasteiger partial charge in [0, 0.05) is 25.2 Å². The van der Waals surface area contributed by atoms with Crippen LogP contribution in [0, 0.1) is 5.82 Å². The molecule has 0 aliphatic rings. The molecule has 0 spiro atoms. The third-order valence-electron chi connectivity index (χ3n) is 2.26. The fraction of sp³-hybridized carbons (Fsp3) is 0.455. The van der Waals surface area contributed by atoms with Gasteiger partial charge in [-0.15, -0.1) is 0 Å². The molecule has 0 unspecified atom stereocenters. The Labute approximate surface area is 112 Å². The van der Waals surface area contributed by atoms with Crippen LogP contribution in [-0.2, 0) is 16.6 Å². The molecule has 7 heteroatoms. The van der Waals surface area contributed by atoms with E-state index < -0.39 is 15.8 Å². The lowest BCUT2D eigenvalue weighted by Gasteiger charge is -2.07. The van der Waals surface area contributed by atoms with Crippen LogP contribution in [0.4, 0.5) is 4.39 Å². The maximum absolute atomic E-state index is 13.5. The van der Waals surface area contributed by atoms with Crippen molar-refractivity contribution in [2.24, 2.45) is 0 Å². The summed E-state index contributed by atoms with van der Waals surface area (Å²) < 4.78 is 38.5. The molecule has 0 heterocycles. The summed E-state index contributed by atoms with van der Waals surface area (Å²) in [6, 6.07) is 4.72. The Bertz CT molecular complexity index is 494. The lowest BCUT2D eigenvalue weighted by Crippen LogP contribution is -2.31. The van der Waals surface area contributed by atoms with E-state index in [1.54, 1.807) is 19.1 Å². The van der Waals surface area contributed by atoms with Gasteiger partial charge in [0.05, 0.1) is 10.8 Å². The van der Waals surface area contributed by atoms with Gasteiger partial charge in [-0.3, -0.25) is 0 Å². The Balaban J connectivity index is 2.41. The highest BCUT2D eigenvalue weighted by Crippen LogP contribution is 2.17. The first kappa shape index (κ1) is 15.4. The monoisotopic (exact) mass is 294 g/mol. The second-order valence-corrected chi connectivity index (χ2v) is 6.04. The zero-order chi connectivity index (χ0) is 13.6. The molecule has 1 aromatic rings. The summed E-state index contributed by atoms with van der Waals surface area (Å²) in [6.07, 6.45) is 0. The average molecular weight is 295 g/mol. The van der Waals surface area contributed by atoms with Crippen LogP contribution >= 0.6 is 11.6 Å². The summed E-state index contributed by atoms with van der Waals surface area (Å²) in [7, 11) is -3.24. The average Bonchev–Trinajstić information content (AvgIpc) is 2.29. The molecule has 0 aliphatic heterocycles. The van der Waals surface area contributed by atoms with Crippen molar-refractivity contribution in [2.75, 3.05) is 18.8 Å². The molecular formula is C11H16ClFN2O2S. The summed E-state index contributed by atoms with van der Waals surface area (Å²) in [4.78, 5) is 0. The predicted molar refractivity (Wildman–Crippen MR) is 70.6 cm³/mol. The Kier molecular flexibility index (Phi) is 6.01. The lowest BCUT2D eigenvalue weighted by molar-refractivity contribution is 0.574. The minimum atomic E-state index is -3.24. The van der Waals surface area contributed by atoms with E-state index in [9.17, 15) is 12.8 Å². The normalized spacial score (nSPS) is 11.7. The van der Waals surface area contributed by atoms with Crippen molar-refractivity contribution in [3.05, 3.63) is 34.6 Å². The van der Waals surface area contributed by atoms with Crippen LogP contribution in [0.2, 0.25) is 5.02 Å². The molecule has 0 saturated carbocycles. The third-order valence-corrected chi connectivity index (χ3v) is 4.02. The van der Waals surface area contributed by atoms with Gasteiger partial charge in [-0.25, -0.2) is 17.5 Å². The fourth-order valence-electron chi connectivity index (χ4n) is 1.41. The van der Waals surface area contributed by atoms with E-state index in [1.807, 2.05) is 0 Å². The molecule has 0 fully saturated rings. The zero-order valence-corrected chi connectivity index (χ0v) is 11.6. The van der Waals surface area contributed by atoms with Gasteiger partial charge in [0.15, 0.2) is 0 Å². The van der Waals surface area contributed by atoms with E-state index >= 15 is 0 Å². The summed E-state index contributed by atoms with van der Waals surface area (Å²) in [5.74, 6) is -0.510. The van der Waals surface area contributed by atoms with Crippen LogP contribution in [0.25, 0.3) is 0 Å². The van der Waals surface area contributed by atoms with Crippen molar-refractivity contribution in [1.82, 2.24) is 10.0 Å². The van der Waals surface area contributed by atoms with Crippen LogP contribution in [0.3, 0.4) is 0 Å². The van der Waals surface area contributed by atoms with Crippen LogP contribution in [0.15, 0.2) is 18.2 Å². The highest BCUT2D eigenvalue weighted by Gasteiger charge is 2.09. The molecule has 0 bridgehead atoms. The third kappa shape index (κ3) is 4.89. The Morgan fingerprint density at radius 2 is 2.11 bits per heavy atom. The predicted octanol–water partition coefficient (Wildman–Crippen LogP) is 1.51. The highest BCUT2D eigenvalue weighted by atomic mass is 35.5. The zero-order valence-electron chi connectivity index (χ0n) is 10.0. The molecule has 2 N–H and O–H groups in total. The summed E-state index contributed by atoms with van der Waals surface area (Å²) in [5.41, 5.74) is 0.420. The lowest BCUT2D eigenvalue weighted by atomic mass is 10.2.